The van der Waals surface area contributed by atoms with Crippen LogP contribution < -0.4 is 0 Å². The van der Waals surface area contributed by atoms with Crippen molar-refractivity contribution in [2.75, 3.05) is 0 Å². The molecule has 0 aliphatic carbocycles. The molecule has 0 amide bonds. The number of hydrogen-bond acceptors (Lipinski definition) is 2. The summed E-state index contributed by atoms with van der Waals surface area (Å²) in [4.78, 5) is 0. The topological polar surface area (TPSA) is 38.0 Å². The maximum Gasteiger partial charge on any atom is 0.0863 e. The Kier molecular flexibility index (Phi) is 4.50. The van der Waals surface area contributed by atoms with Crippen molar-refractivity contribution in [2.45, 2.75) is 25.9 Å². The van der Waals surface area contributed by atoms with Gasteiger partial charge in [0.1, 0.15) is 0 Å². The van der Waals surface area contributed by atoms with Crippen molar-refractivity contribution >= 4 is 23.2 Å². The zero-order valence-electron chi connectivity index (χ0n) is 10.9. The molecule has 0 saturated heterocycles. The van der Waals surface area contributed by atoms with Gasteiger partial charge in [0.05, 0.1) is 21.8 Å². The minimum absolute atomic E-state index is 0.496. The SMILES string of the molecule is CCc1nn(C)cc1C(O)Cc1ccc(Cl)c(Cl)c1. The smallest absolute Gasteiger partial charge is 0.0863 e. The van der Waals surface area contributed by atoms with E-state index in [1.807, 2.05) is 26.2 Å². The summed E-state index contributed by atoms with van der Waals surface area (Å²) < 4.78 is 1.73. The molecule has 0 aliphatic rings. The van der Waals surface area contributed by atoms with Gasteiger partial charge in [-0.1, -0.05) is 36.2 Å². The molecule has 5 heteroatoms. The summed E-state index contributed by atoms with van der Waals surface area (Å²) in [6.45, 7) is 2.03. The van der Waals surface area contributed by atoms with Crippen molar-refractivity contribution in [2.24, 2.45) is 7.05 Å². The summed E-state index contributed by atoms with van der Waals surface area (Å²) in [6.07, 6.45) is 2.58. The van der Waals surface area contributed by atoms with E-state index in [1.165, 1.54) is 0 Å². The molecule has 0 spiro atoms. The van der Waals surface area contributed by atoms with Crippen LogP contribution in [0.15, 0.2) is 24.4 Å². The molecular weight excluding hydrogens is 283 g/mol. The van der Waals surface area contributed by atoms with Gasteiger partial charge in [-0.25, -0.2) is 0 Å². The number of hydrogen-bond donors (Lipinski definition) is 1. The largest absolute Gasteiger partial charge is 0.388 e. The Morgan fingerprint density at radius 2 is 2.05 bits per heavy atom. The minimum Gasteiger partial charge on any atom is -0.388 e. The highest BCUT2D eigenvalue weighted by Gasteiger charge is 2.16. The summed E-state index contributed by atoms with van der Waals surface area (Å²) in [5.41, 5.74) is 2.75. The van der Waals surface area contributed by atoms with Crippen LogP contribution in [0.5, 0.6) is 0 Å². The second-order valence-corrected chi connectivity index (χ2v) is 5.34. The van der Waals surface area contributed by atoms with E-state index in [0.717, 1.165) is 23.2 Å². The number of benzene rings is 1. The number of aliphatic hydroxyl groups excluding tert-OH is 1. The average molecular weight is 299 g/mol. The lowest BCUT2D eigenvalue weighted by molar-refractivity contribution is 0.177. The zero-order valence-corrected chi connectivity index (χ0v) is 12.4. The average Bonchev–Trinajstić information content (AvgIpc) is 2.75. The minimum atomic E-state index is -0.583. The first-order valence-electron chi connectivity index (χ1n) is 6.15. The molecule has 2 rings (SSSR count). The molecular formula is C14H16Cl2N2O. The van der Waals surface area contributed by atoms with Gasteiger partial charge in [0.2, 0.25) is 0 Å². The molecule has 1 heterocycles. The molecule has 1 atom stereocenters. The molecule has 1 unspecified atom stereocenters. The quantitative estimate of drug-likeness (QED) is 0.937. The highest BCUT2D eigenvalue weighted by atomic mass is 35.5. The van der Waals surface area contributed by atoms with E-state index < -0.39 is 6.10 Å². The Labute approximate surface area is 122 Å². The lowest BCUT2D eigenvalue weighted by atomic mass is 10.0. The van der Waals surface area contributed by atoms with E-state index in [2.05, 4.69) is 5.10 Å². The van der Waals surface area contributed by atoms with Crippen LogP contribution in [0.1, 0.15) is 29.8 Å². The highest BCUT2D eigenvalue weighted by molar-refractivity contribution is 6.42. The number of aliphatic hydroxyl groups is 1. The van der Waals surface area contributed by atoms with Gasteiger partial charge in [0.15, 0.2) is 0 Å². The first-order valence-corrected chi connectivity index (χ1v) is 6.91. The van der Waals surface area contributed by atoms with Crippen LogP contribution in [0, 0.1) is 0 Å². The third-order valence-corrected chi connectivity index (χ3v) is 3.78. The van der Waals surface area contributed by atoms with Crippen molar-refractivity contribution in [3.05, 3.63) is 51.3 Å². The predicted octanol–water partition coefficient (Wildman–Crippen LogP) is 3.57. The van der Waals surface area contributed by atoms with E-state index in [-0.39, 0.29) is 0 Å². The summed E-state index contributed by atoms with van der Waals surface area (Å²) >= 11 is 11.9. The van der Waals surface area contributed by atoms with Crippen LogP contribution in [0.25, 0.3) is 0 Å². The van der Waals surface area contributed by atoms with Crippen LogP contribution in [0.4, 0.5) is 0 Å². The molecule has 0 aliphatic heterocycles. The lowest BCUT2D eigenvalue weighted by Crippen LogP contribution is -2.03. The maximum absolute atomic E-state index is 10.3. The van der Waals surface area contributed by atoms with Crippen molar-refractivity contribution in [1.29, 1.82) is 0 Å². The fourth-order valence-corrected chi connectivity index (χ4v) is 2.43. The van der Waals surface area contributed by atoms with Crippen molar-refractivity contribution < 1.29 is 5.11 Å². The Morgan fingerprint density at radius 1 is 1.32 bits per heavy atom. The summed E-state index contributed by atoms with van der Waals surface area (Å²) in [5, 5.41) is 15.7. The van der Waals surface area contributed by atoms with Gasteiger partial charge in [0.25, 0.3) is 0 Å². The van der Waals surface area contributed by atoms with Crippen molar-refractivity contribution in [3.63, 3.8) is 0 Å². The van der Waals surface area contributed by atoms with Crippen molar-refractivity contribution in [1.82, 2.24) is 9.78 Å². The maximum atomic E-state index is 10.3. The summed E-state index contributed by atoms with van der Waals surface area (Å²) in [7, 11) is 1.86. The monoisotopic (exact) mass is 298 g/mol. The number of nitrogens with zero attached hydrogens (tertiary/aromatic N) is 2. The molecule has 0 bridgehead atoms. The van der Waals surface area contributed by atoms with Crippen LogP contribution in [-0.4, -0.2) is 14.9 Å². The molecule has 3 nitrogen and oxygen atoms in total. The van der Waals surface area contributed by atoms with E-state index >= 15 is 0 Å². The molecule has 0 saturated carbocycles. The van der Waals surface area contributed by atoms with E-state index in [9.17, 15) is 5.11 Å². The predicted molar refractivity (Wildman–Crippen MR) is 77.7 cm³/mol. The summed E-state index contributed by atoms with van der Waals surface area (Å²) in [5.74, 6) is 0. The van der Waals surface area contributed by atoms with Gasteiger partial charge in [0, 0.05) is 25.2 Å². The third-order valence-electron chi connectivity index (χ3n) is 3.04. The van der Waals surface area contributed by atoms with E-state index in [1.54, 1.807) is 16.8 Å². The number of aromatic nitrogens is 2. The van der Waals surface area contributed by atoms with Crippen LogP contribution in [-0.2, 0) is 19.9 Å². The summed E-state index contributed by atoms with van der Waals surface area (Å²) in [6, 6.07) is 5.41. The zero-order chi connectivity index (χ0) is 14.0. The van der Waals surface area contributed by atoms with Crippen LogP contribution in [0.3, 0.4) is 0 Å². The standard InChI is InChI=1S/C14H16Cl2N2O/c1-3-13-10(8-18(2)17-13)14(19)7-9-4-5-11(15)12(16)6-9/h4-6,8,14,19H,3,7H2,1-2H3. The lowest BCUT2D eigenvalue weighted by Gasteiger charge is -2.11. The first kappa shape index (κ1) is 14.4. The Morgan fingerprint density at radius 3 is 2.68 bits per heavy atom. The van der Waals surface area contributed by atoms with Crippen LogP contribution >= 0.6 is 23.2 Å². The molecule has 0 radical (unpaired) electrons. The number of aryl methyl sites for hydroxylation is 2. The first-order chi connectivity index (χ1) is 9.01. The van der Waals surface area contributed by atoms with Crippen molar-refractivity contribution in [3.8, 4) is 0 Å². The van der Waals surface area contributed by atoms with Gasteiger partial charge in [-0.2, -0.15) is 5.10 Å². The van der Waals surface area contributed by atoms with E-state index in [4.69, 9.17) is 23.2 Å². The number of halogens is 2. The Hall–Kier alpha value is -1.03. The second-order valence-electron chi connectivity index (χ2n) is 4.53. The molecule has 0 fully saturated rings. The normalized spacial score (nSPS) is 12.7. The molecule has 1 aromatic heterocycles. The van der Waals surface area contributed by atoms with Gasteiger partial charge in [-0.3, -0.25) is 4.68 Å². The molecule has 1 N–H and O–H groups in total. The fourth-order valence-electron chi connectivity index (χ4n) is 2.11. The van der Waals surface area contributed by atoms with Gasteiger partial charge < -0.3 is 5.11 Å². The van der Waals surface area contributed by atoms with Crippen LogP contribution in [0.2, 0.25) is 10.0 Å². The fraction of sp³-hybridized carbons (Fsp3) is 0.357. The van der Waals surface area contributed by atoms with Gasteiger partial charge >= 0.3 is 0 Å². The molecule has 102 valence electrons. The molecule has 2 aromatic rings. The van der Waals surface area contributed by atoms with Gasteiger partial charge in [-0.05, 0) is 24.1 Å². The Balaban J connectivity index is 2.20. The molecule has 19 heavy (non-hydrogen) atoms. The second kappa shape index (κ2) is 5.95. The Bertz CT molecular complexity index is 581. The third kappa shape index (κ3) is 3.30. The number of rotatable bonds is 4. The van der Waals surface area contributed by atoms with E-state index in [0.29, 0.717) is 16.5 Å². The highest BCUT2D eigenvalue weighted by Crippen LogP contribution is 2.26. The van der Waals surface area contributed by atoms with Gasteiger partial charge in [-0.15, -0.1) is 0 Å². The molecule has 1 aromatic carbocycles.